The molecule has 0 aromatic carbocycles. The number of hydrogen-bond acceptors (Lipinski definition) is 2. The molecule has 76 valence electrons. The Bertz CT molecular complexity index is 321. The van der Waals surface area contributed by atoms with Crippen LogP contribution in [-0.2, 0) is 9.59 Å². The Kier molecular flexibility index (Phi) is 2.06. The van der Waals surface area contributed by atoms with Crippen LogP contribution in [0.3, 0.4) is 0 Å². The lowest BCUT2D eigenvalue weighted by Gasteiger charge is -2.21. The van der Waals surface area contributed by atoms with Gasteiger partial charge < -0.3 is 10.0 Å². The molecule has 0 aromatic heterocycles. The van der Waals surface area contributed by atoms with E-state index in [9.17, 15) is 9.59 Å². The van der Waals surface area contributed by atoms with Gasteiger partial charge in [0.15, 0.2) is 0 Å². The van der Waals surface area contributed by atoms with Gasteiger partial charge in [0.25, 0.3) is 0 Å². The summed E-state index contributed by atoms with van der Waals surface area (Å²) in [6.07, 6.45) is 3.08. The predicted molar refractivity (Wildman–Crippen MR) is 49.6 cm³/mol. The number of nitrogens with zero attached hydrogens (tertiary/aromatic N) is 1. The van der Waals surface area contributed by atoms with Crippen molar-refractivity contribution in [1.82, 2.24) is 4.90 Å². The minimum absolute atomic E-state index is 0.0105. The molecule has 2 bridgehead atoms. The normalized spacial score (nSPS) is 30.5. The van der Waals surface area contributed by atoms with Gasteiger partial charge in [-0.25, -0.2) is 4.79 Å². The first-order valence-corrected chi connectivity index (χ1v) is 4.89. The fraction of sp³-hybridized carbons (Fsp3) is 0.600. The van der Waals surface area contributed by atoms with Crippen molar-refractivity contribution in [1.29, 1.82) is 0 Å². The van der Waals surface area contributed by atoms with Gasteiger partial charge in [-0.2, -0.15) is 0 Å². The molecule has 2 atom stereocenters. The van der Waals surface area contributed by atoms with E-state index in [-0.39, 0.29) is 17.9 Å². The van der Waals surface area contributed by atoms with E-state index in [2.05, 4.69) is 0 Å². The van der Waals surface area contributed by atoms with Gasteiger partial charge in [-0.3, -0.25) is 4.79 Å². The lowest BCUT2D eigenvalue weighted by atomic mass is 9.89. The molecule has 1 amide bonds. The zero-order valence-corrected chi connectivity index (χ0v) is 8.06. The van der Waals surface area contributed by atoms with Gasteiger partial charge in [0.1, 0.15) is 0 Å². The molecule has 1 N–H and O–H groups in total. The summed E-state index contributed by atoms with van der Waals surface area (Å²) in [7, 11) is 0. The SMILES string of the molecule is CCN1C(=O)C2CC1CC=C2C(=O)O. The van der Waals surface area contributed by atoms with E-state index in [1.807, 2.05) is 6.92 Å². The number of rotatable bonds is 2. The van der Waals surface area contributed by atoms with Crippen LogP contribution in [0.1, 0.15) is 19.8 Å². The quantitative estimate of drug-likeness (QED) is 0.703. The highest BCUT2D eigenvalue weighted by atomic mass is 16.4. The van der Waals surface area contributed by atoms with Crippen LogP contribution < -0.4 is 0 Å². The summed E-state index contributed by atoms with van der Waals surface area (Å²) in [5.41, 5.74) is 0.294. The van der Waals surface area contributed by atoms with Gasteiger partial charge in [-0.1, -0.05) is 6.08 Å². The summed E-state index contributed by atoms with van der Waals surface area (Å²) >= 11 is 0. The molecule has 4 heteroatoms. The second kappa shape index (κ2) is 3.12. The van der Waals surface area contributed by atoms with Crippen molar-refractivity contribution < 1.29 is 14.7 Å². The Morgan fingerprint density at radius 2 is 2.43 bits per heavy atom. The number of carbonyl (C=O) groups excluding carboxylic acids is 1. The molecule has 0 saturated carbocycles. The van der Waals surface area contributed by atoms with Crippen LogP contribution in [0.15, 0.2) is 11.6 Å². The highest BCUT2D eigenvalue weighted by Crippen LogP contribution is 2.36. The van der Waals surface area contributed by atoms with Gasteiger partial charge >= 0.3 is 5.97 Å². The summed E-state index contributed by atoms with van der Waals surface area (Å²) in [4.78, 5) is 24.4. The van der Waals surface area contributed by atoms with Crippen LogP contribution in [0.25, 0.3) is 0 Å². The smallest absolute Gasteiger partial charge is 0.332 e. The van der Waals surface area contributed by atoms with Crippen LogP contribution in [0.4, 0.5) is 0 Å². The van der Waals surface area contributed by atoms with Gasteiger partial charge in [-0.15, -0.1) is 0 Å². The molecule has 0 aromatic rings. The highest BCUT2D eigenvalue weighted by molar-refractivity contribution is 5.97. The first kappa shape index (κ1) is 9.24. The van der Waals surface area contributed by atoms with Crippen LogP contribution in [0.5, 0.6) is 0 Å². The van der Waals surface area contributed by atoms with E-state index in [4.69, 9.17) is 5.11 Å². The number of carboxylic acids is 1. The third-order valence-corrected chi connectivity index (χ3v) is 3.10. The molecule has 2 rings (SSSR count). The average Bonchev–Trinajstić information content (AvgIpc) is 2.39. The van der Waals surface area contributed by atoms with E-state index in [1.54, 1.807) is 11.0 Å². The van der Waals surface area contributed by atoms with E-state index >= 15 is 0 Å². The molecule has 4 nitrogen and oxygen atoms in total. The van der Waals surface area contributed by atoms with Crippen molar-refractivity contribution in [2.24, 2.45) is 5.92 Å². The van der Waals surface area contributed by atoms with E-state index in [0.717, 1.165) is 0 Å². The van der Waals surface area contributed by atoms with Gasteiger partial charge in [-0.05, 0) is 19.8 Å². The Morgan fingerprint density at radius 3 is 3.00 bits per heavy atom. The number of aliphatic carboxylic acids is 1. The molecule has 1 saturated heterocycles. The molecule has 1 aliphatic carbocycles. The number of likely N-dealkylation sites (tertiary alicyclic amines) is 1. The zero-order valence-electron chi connectivity index (χ0n) is 8.06. The Hall–Kier alpha value is -1.32. The first-order chi connectivity index (χ1) is 6.65. The zero-order chi connectivity index (χ0) is 10.3. The minimum atomic E-state index is -0.945. The fourth-order valence-corrected chi connectivity index (χ4v) is 2.42. The number of fused-ring (bicyclic) bond motifs is 2. The summed E-state index contributed by atoms with van der Waals surface area (Å²) in [6, 6.07) is 0.237. The van der Waals surface area contributed by atoms with Crippen molar-refractivity contribution in [3.8, 4) is 0 Å². The molecule has 2 aliphatic rings. The predicted octanol–water partition coefficient (Wildman–Crippen LogP) is 0.638. The molecule has 0 spiro atoms. The third kappa shape index (κ3) is 1.14. The minimum Gasteiger partial charge on any atom is -0.478 e. The molecule has 1 heterocycles. The third-order valence-electron chi connectivity index (χ3n) is 3.10. The second-order valence-corrected chi connectivity index (χ2v) is 3.77. The van der Waals surface area contributed by atoms with E-state index < -0.39 is 5.97 Å². The van der Waals surface area contributed by atoms with Crippen molar-refractivity contribution in [2.45, 2.75) is 25.8 Å². The van der Waals surface area contributed by atoms with Crippen LogP contribution in [0, 0.1) is 5.92 Å². The fourth-order valence-electron chi connectivity index (χ4n) is 2.42. The standard InChI is InChI=1S/C10H13NO3/c1-2-11-6-3-4-7(10(13)14)8(5-6)9(11)12/h4,6,8H,2-3,5H2,1H3,(H,13,14). The van der Waals surface area contributed by atoms with Crippen molar-refractivity contribution in [3.05, 3.63) is 11.6 Å². The molecule has 2 unspecified atom stereocenters. The van der Waals surface area contributed by atoms with Crippen molar-refractivity contribution in [2.75, 3.05) is 6.54 Å². The Labute approximate surface area is 82.2 Å². The average molecular weight is 195 g/mol. The molecule has 1 aliphatic heterocycles. The lowest BCUT2D eigenvalue weighted by molar-refractivity contribution is -0.136. The van der Waals surface area contributed by atoms with Crippen LogP contribution >= 0.6 is 0 Å². The van der Waals surface area contributed by atoms with Gasteiger partial charge in [0, 0.05) is 18.2 Å². The number of hydrogen-bond donors (Lipinski definition) is 1. The first-order valence-electron chi connectivity index (χ1n) is 4.89. The Morgan fingerprint density at radius 1 is 1.71 bits per heavy atom. The van der Waals surface area contributed by atoms with Crippen molar-refractivity contribution in [3.63, 3.8) is 0 Å². The Balaban J connectivity index is 2.29. The number of amides is 1. The largest absolute Gasteiger partial charge is 0.478 e. The van der Waals surface area contributed by atoms with E-state index in [0.29, 0.717) is 25.0 Å². The second-order valence-electron chi connectivity index (χ2n) is 3.77. The van der Waals surface area contributed by atoms with Crippen LogP contribution in [-0.4, -0.2) is 34.5 Å². The maximum atomic E-state index is 11.8. The highest BCUT2D eigenvalue weighted by Gasteiger charge is 2.44. The molecule has 14 heavy (non-hydrogen) atoms. The summed E-state index contributed by atoms with van der Waals surface area (Å²) in [5, 5.41) is 8.90. The molecule has 1 fully saturated rings. The summed E-state index contributed by atoms with van der Waals surface area (Å²) < 4.78 is 0. The number of carboxylic acid groups (broad SMARTS) is 1. The number of carbonyl (C=O) groups is 2. The molecular formula is C10H13NO3. The monoisotopic (exact) mass is 195 g/mol. The van der Waals surface area contributed by atoms with Gasteiger partial charge in [0.05, 0.1) is 5.92 Å². The maximum Gasteiger partial charge on any atom is 0.332 e. The summed E-state index contributed by atoms with van der Waals surface area (Å²) in [5.74, 6) is -1.34. The molecule has 0 radical (unpaired) electrons. The maximum absolute atomic E-state index is 11.8. The van der Waals surface area contributed by atoms with Gasteiger partial charge in [0.2, 0.25) is 5.91 Å². The van der Waals surface area contributed by atoms with E-state index in [1.165, 1.54) is 0 Å². The topological polar surface area (TPSA) is 57.6 Å². The summed E-state index contributed by atoms with van der Waals surface area (Å²) in [6.45, 7) is 2.61. The molecular weight excluding hydrogens is 182 g/mol. The van der Waals surface area contributed by atoms with Crippen molar-refractivity contribution >= 4 is 11.9 Å². The van der Waals surface area contributed by atoms with Crippen LogP contribution in [0.2, 0.25) is 0 Å². The lowest BCUT2D eigenvalue weighted by Crippen LogP contribution is -2.32.